The molecule has 122 valence electrons. The molecular formula is C19H18ClN3O. The number of hydrogen-bond donors (Lipinski definition) is 1. The molecule has 3 aromatic rings. The maximum absolute atomic E-state index is 12.2. The van der Waals surface area contributed by atoms with E-state index in [4.69, 9.17) is 11.6 Å². The first-order chi connectivity index (χ1) is 11.7. The molecule has 0 fully saturated rings. The Morgan fingerprint density at radius 3 is 2.62 bits per heavy atom. The molecule has 1 heterocycles. The van der Waals surface area contributed by atoms with Crippen LogP contribution in [0.4, 0.5) is 0 Å². The molecule has 0 saturated carbocycles. The number of nitrogens with zero attached hydrogens (tertiary/aromatic N) is 2. The molecule has 3 rings (SSSR count). The van der Waals surface area contributed by atoms with Gasteiger partial charge in [-0.05, 0) is 23.6 Å². The Hall–Kier alpha value is -2.59. The van der Waals surface area contributed by atoms with Crippen LogP contribution in [0.25, 0.3) is 0 Å². The number of hydrogen-bond acceptors (Lipinski definition) is 2. The quantitative estimate of drug-likeness (QED) is 0.746. The van der Waals surface area contributed by atoms with Crippen molar-refractivity contribution in [2.24, 2.45) is 0 Å². The average Bonchev–Trinajstić information content (AvgIpc) is 3.07. The molecule has 0 aliphatic rings. The molecule has 0 saturated heterocycles. The van der Waals surface area contributed by atoms with E-state index < -0.39 is 0 Å². The number of carbonyl (C=O) groups excluding carboxylic acids is 1. The van der Waals surface area contributed by atoms with E-state index in [-0.39, 0.29) is 5.91 Å². The second kappa shape index (κ2) is 7.79. The van der Waals surface area contributed by atoms with Gasteiger partial charge in [-0.25, -0.2) is 0 Å². The third kappa shape index (κ3) is 4.24. The van der Waals surface area contributed by atoms with Crippen LogP contribution in [0.15, 0.2) is 67.0 Å². The lowest BCUT2D eigenvalue weighted by molar-refractivity contribution is 0.0954. The second-order valence-corrected chi connectivity index (χ2v) is 5.92. The van der Waals surface area contributed by atoms with Gasteiger partial charge in [-0.1, -0.05) is 60.1 Å². The third-order valence-corrected chi connectivity index (χ3v) is 4.10. The van der Waals surface area contributed by atoms with Gasteiger partial charge in [0.1, 0.15) is 0 Å². The van der Waals surface area contributed by atoms with Crippen molar-refractivity contribution >= 4 is 17.5 Å². The van der Waals surface area contributed by atoms with Crippen LogP contribution in [0.3, 0.4) is 0 Å². The average molecular weight is 340 g/mol. The Kier molecular flexibility index (Phi) is 5.29. The van der Waals surface area contributed by atoms with E-state index in [0.717, 1.165) is 12.0 Å². The molecule has 0 radical (unpaired) electrons. The summed E-state index contributed by atoms with van der Waals surface area (Å²) in [6, 6.07) is 17.7. The summed E-state index contributed by atoms with van der Waals surface area (Å²) in [6.07, 6.45) is 4.12. The normalized spacial score (nSPS) is 10.5. The Labute approximate surface area is 146 Å². The van der Waals surface area contributed by atoms with Crippen LogP contribution in [0.2, 0.25) is 5.02 Å². The van der Waals surface area contributed by atoms with Gasteiger partial charge in [0.05, 0.1) is 18.3 Å². The van der Waals surface area contributed by atoms with Crippen molar-refractivity contribution in [1.29, 1.82) is 0 Å². The first-order valence-corrected chi connectivity index (χ1v) is 8.18. The minimum absolute atomic E-state index is 0.115. The Morgan fingerprint density at radius 1 is 1.08 bits per heavy atom. The van der Waals surface area contributed by atoms with E-state index in [1.807, 2.05) is 54.6 Å². The highest BCUT2D eigenvalue weighted by molar-refractivity contribution is 6.31. The topological polar surface area (TPSA) is 46.9 Å². The minimum Gasteiger partial charge on any atom is -0.352 e. The first kappa shape index (κ1) is 16.3. The largest absolute Gasteiger partial charge is 0.352 e. The van der Waals surface area contributed by atoms with Crippen LogP contribution < -0.4 is 5.32 Å². The van der Waals surface area contributed by atoms with Gasteiger partial charge < -0.3 is 5.32 Å². The van der Waals surface area contributed by atoms with Gasteiger partial charge >= 0.3 is 0 Å². The van der Waals surface area contributed by atoms with E-state index in [0.29, 0.717) is 23.7 Å². The molecule has 1 aromatic heterocycles. The first-order valence-electron chi connectivity index (χ1n) is 7.80. The van der Waals surface area contributed by atoms with Gasteiger partial charge in [-0.3, -0.25) is 9.48 Å². The van der Waals surface area contributed by atoms with Crippen LogP contribution in [0.5, 0.6) is 0 Å². The zero-order valence-electron chi connectivity index (χ0n) is 13.2. The Bertz CT molecular complexity index is 814. The summed E-state index contributed by atoms with van der Waals surface area (Å²) in [6.45, 7) is 1.13. The molecule has 0 spiro atoms. The Balaban J connectivity index is 1.55. The maximum Gasteiger partial charge on any atom is 0.254 e. The highest BCUT2D eigenvalue weighted by Crippen LogP contribution is 2.16. The van der Waals surface area contributed by atoms with Crippen molar-refractivity contribution in [2.75, 3.05) is 6.54 Å². The van der Waals surface area contributed by atoms with E-state index >= 15 is 0 Å². The van der Waals surface area contributed by atoms with Gasteiger partial charge in [0.15, 0.2) is 0 Å². The summed E-state index contributed by atoms with van der Waals surface area (Å²) in [5.41, 5.74) is 2.72. The minimum atomic E-state index is -0.115. The Morgan fingerprint density at radius 2 is 1.83 bits per heavy atom. The van der Waals surface area contributed by atoms with Gasteiger partial charge in [0, 0.05) is 17.8 Å². The molecule has 1 amide bonds. The summed E-state index contributed by atoms with van der Waals surface area (Å²) in [5, 5.41) is 7.85. The van der Waals surface area contributed by atoms with E-state index in [1.165, 1.54) is 5.56 Å². The number of nitrogens with one attached hydrogen (secondary N) is 1. The zero-order valence-corrected chi connectivity index (χ0v) is 13.9. The number of benzene rings is 2. The predicted octanol–water partition coefficient (Wildman–Crippen LogP) is 3.56. The third-order valence-electron chi connectivity index (χ3n) is 3.73. The molecule has 2 aromatic carbocycles. The molecule has 0 bridgehead atoms. The fourth-order valence-corrected chi connectivity index (χ4v) is 2.63. The van der Waals surface area contributed by atoms with Crippen molar-refractivity contribution in [3.8, 4) is 0 Å². The van der Waals surface area contributed by atoms with Crippen LogP contribution in [-0.4, -0.2) is 22.2 Å². The van der Waals surface area contributed by atoms with Gasteiger partial charge in [-0.2, -0.15) is 5.10 Å². The lowest BCUT2D eigenvalue weighted by Gasteiger charge is -2.04. The van der Waals surface area contributed by atoms with Crippen molar-refractivity contribution < 1.29 is 4.79 Å². The molecular weight excluding hydrogens is 322 g/mol. The highest BCUT2D eigenvalue weighted by atomic mass is 35.5. The molecule has 5 heteroatoms. The summed E-state index contributed by atoms with van der Waals surface area (Å²) < 4.78 is 1.72. The van der Waals surface area contributed by atoms with Crippen molar-refractivity contribution in [3.63, 3.8) is 0 Å². The van der Waals surface area contributed by atoms with Crippen LogP contribution >= 0.6 is 11.6 Å². The molecule has 1 N–H and O–H groups in total. The molecule has 24 heavy (non-hydrogen) atoms. The van der Waals surface area contributed by atoms with Crippen LogP contribution in [0.1, 0.15) is 21.5 Å². The lowest BCUT2D eigenvalue weighted by Crippen LogP contribution is -2.25. The number of halogens is 1. The molecule has 0 aliphatic carbocycles. The fraction of sp³-hybridized carbons (Fsp3) is 0.158. The standard InChI is InChI=1S/C19H18ClN3O/c20-18-9-5-4-8-16(18)13-23-14-17(12-22-23)19(24)21-11-10-15-6-2-1-3-7-15/h1-9,12,14H,10-11,13H2,(H,21,24). The number of carbonyl (C=O) groups is 1. The van der Waals surface area contributed by atoms with Gasteiger partial charge in [0.25, 0.3) is 5.91 Å². The van der Waals surface area contributed by atoms with Crippen molar-refractivity contribution in [3.05, 3.63) is 88.7 Å². The van der Waals surface area contributed by atoms with Crippen molar-refractivity contribution in [2.45, 2.75) is 13.0 Å². The predicted molar refractivity (Wildman–Crippen MR) is 95.3 cm³/mol. The lowest BCUT2D eigenvalue weighted by atomic mass is 10.1. The molecule has 0 unspecified atom stereocenters. The fourth-order valence-electron chi connectivity index (χ4n) is 2.44. The summed E-state index contributed by atoms with van der Waals surface area (Å²) >= 11 is 6.15. The van der Waals surface area contributed by atoms with Crippen LogP contribution in [0, 0.1) is 0 Å². The summed E-state index contributed by atoms with van der Waals surface area (Å²) in [7, 11) is 0. The number of aromatic nitrogens is 2. The zero-order chi connectivity index (χ0) is 16.8. The molecule has 0 atom stereocenters. The smallest absolute Gasteiger partial charge is 0.254 e. The summed E-state index contributed by atoms with van der Waals surface area (Å²) in [4.78, 5) is 12.2. The maximum atomic E-state index is 12.2. The highest BCUT2D eigenvalue weighted by Gasteiger charge is 2.09. The van der Waals surface area contributed by atoms with Gasteiger partial charge in [-0.15, -0.1) is 0 Å². The van der Waals surface area contributed by atoms with E-state index in [9.17, 15) is 4.79 Å². The van der Waals surface area contributed by atoms with E-state index in [1.54, 1.807) is 17.1 Å². The monoisotopic (exact) mass is 339 g/mol. The van der Waals surface area contributed by atoms with E-state index in [2.05, 4.69) is 10.4 Å². The number of rotatable bonds is 6. The van der Waals surface area contributed by atoms with Gasteiger partial charge in [0.2, 0.25) is 0 Å². The van der Waals surface area contributed by atoms with Crippen molar-refractivity contribution in [1.82, 2.24) is 15.1 Å². The molecule has 0 aliphatic heterocycles. The van der Waals surface area contributed by atoms with Crippen LogP contribution in [-0.2, 0) is 13.0 Å². The second-order valence-electron chi connectivity index (χ2n) is 5.51. The summed E-state index contributed by atoms with van der Waals surface area (Å²) in [5.74, 6) is -0.115. The number of amides is 1. The SMILES string of the molecule is O=C(NCCc1ccccc1)c1cnn(Cc2ccccc2Cl)c1. The molecule has 4 nitrogen and oxygen atoms in total.